The van der Waals surface area contributed by atoms with Crippen LogP contribution >= 0.6 is 0 Å². The molecule has 0 bridgehead atoms. The number of likely N-dealkylation sites (tertiary alicyclic amines) is 1. The molecule has 3 heterocycles. The Hall–Kier alpha value is -3.33. The number of nitrogens with one attached hydrogen (secondary N) is 2. The van der Waals surface area contributed by atoms with Gasteiger partial charge in [0.1, 0.15) is 17.7 Å². The summed E-state index contributed by atoms with van der Waals surface area (Å²) in [6.07, 6.45) is 2.14. The highest BCUT2D eigenvalue weighted by Gasteiger charge is 2.41. The lowest BCUT2D eigenvalue weighted by Crippen LogP contribution is -2.50. The number of aromatic amines is 1. The van der Waals surface area contributed by atoms with Crippen LogP contribution in [0.4, 0.5) is 8.78 Å². The summed E-state index contributed by atoms with van der Waals surface area (Å²) in [6, 6.07) is 4.54. The molecular weight excluding hydrogens is 454 g/mol. The summed E-state index contributed by atoms with van der Waals surface area (Å²) in [4.78, 5) is 28.7. The monoisotopic (exact) mass is 482 g/mol. The number of hydrogen-bond donors (Lipinski definition) is 2. The fourth-order valence-corrected chi connectivity index (χ4v) is 5.10. The van der Waals surface area contributed by atoms with Gasteiger partial charge in [-0.2, -0.15) is 5.10 Å². The number of fused-ring (bicyclic) bond motifs is 1. The molecule has 0 saturated carbocycles. The molecule has 0 aliphatic carbocycles. The molecule has 5 rings (SSSR count). The Morgan fingerprint density at radius 1 is 1.17 bits per heavy atom. The lowest BCUT2D eigenvalue weighted by molar-refractivity contribution is -0.128. The van der Waals surface area contributed by atoms with Crippen LogP contribution in [-0.2, 0) is 9.53 Å². The summed E-state index contributed by atoms with van der Waals surface area (Å²) < 4.78 is 34.4. The van der Waals surface area contributed by atoms with Crippen molar-refractivity contribution in [3.63, 3.8) is 0 Å². The van der Waals surface area contributed by atoms with Gasteiger partial charge in [0, 0.05) is 23.4 Å². The van der Waals surface area contributed by atoms with Gasteiger partial charge in [-0.15, -0.1) is 0 Å². The van der Waals surface area contributed by atoms with E-state index in [1.807, 2.05) is 19.9 Å². The van der Waals surface area contributed by atoms with Crippen LogP contribution in [0.25, 0.3) is 10.9 Å². The summed E-state index contributed by atoms with van der Waals surface area (Å²) in [7, 11) is 0. The standard InChI is InChI=1S/C26H28F2N4O3/c1-13-4-16-9-29-31-24(16)19(5-13)26(34)32-10-14(2)6-22(32)25(33)30-23(17-11-35-12-17)18-8-20(27)15(3)7-21(18)28/h4-5,7-9,14,17,22-23H,6,10-12H2,1-3H3,(H,29,31)(H,30,33)/t14-,22-,23-/m1/s1. The van der Waals surface area contributed by atoms with Crippen LogP contribution in [0.2, 0.25) is 0 Å². The van der Waals surface area contributed by atoms with E-state index >= 15 is 0 Å². The van der Waals surface area contributed by atoms with Crippen LogP contribution in [0.1, 0.15) is 46.4 Å². The molecule has 3 aromatic rings. The Labute approximate surface area is 201 Å². The minimum Gasteiger partial charge on any atom is -0.381 e. The smallest absolute Gasteiger partial charge is 0.256 e. The molecule has 2 amide bonds. The molecule has 0 spiro atoms. The summed E-state index contributed by atoms with van der Waals surface area (Å²) in [5.41, 5.74) is 2.29. The normalized spacial score (nSPS) is 21.2. The first-order valence-corrected chi connectivity index (χ1v) is 11.8. The van der Waals surface area contributed by atoms with Gasteiger partial charge in [-0.1, -0.05) is 6.92 Å². The Balaban J connectivity index is 1.43. The Morgan fingerprint density at radius 2 is 1.94 bits per heavy atom. The lowest BCUT2D eigenvalue weighted by atomic mass is 9.90. The number of nitrogens with zero attached hydrogens (tertiary/aromatic N) is 2. The zero-order valence-corrected chi connectivity index (χ0v) is 19.9. The Kier molecular flexibility index (Phi) is 6.04. The molecule has 2 aromatic carbocycles. The summed E-state index contributed by atoms with van der Waals surface area (Å²) >= 11 is 0. The van der Waals surface area contributed by atoms with Crippen molar-refractivity contribution in [3.05, 3.63) is 64.4 Å². The SMILES string of the molecule is Cc1cc(C(=O)N2C[C@H](C)C[C@@H]2C(=O)N[C@@H](c2cc(F)c(C)cc2F)C2COC2)c2[nH]ncc2c1. The second-order valence-electron chi connectivity index (χ2n) is 9.87. The van der Waals surface area contributed by atoms with E-state index in [0.717, 1.165) is 23.1 Å². The highest BCUT2D eigenvalue weighted by atomic mass is 19.1. The average molecular weight is 483 g/mol. The number of carbonyl (C=O) groups is 2. The number of aromatic nitrogens is 2. The number of hydrogen-bond acceptors (Lipinski definition) is 4. The zero-order chi connectivity index (χ0) is 24.9. The van der Waals surface area contributed by atoms with Gasteiger partial charge in [0.25, 0.3) is 5.91 Å². The maximum atomic E-state index is 14.8. The predicted octanol–water partition coefficient (Wildman–Crippen LogP) is 3.81. The van der Waals surface area contributed by atoms with E-state index in [1.54, 1.807) is 17.2 Å². The third kappa shape index (κ3) is 4.29. The average Bonchev–Trinajstić information content (AvgIpc) is 3.40. The zero-order valence-electron chi connectivity index (χ0n) is 19.9. The van der Waals surface area contributed by atoms with Crippen LogP contribution in [0.5, 0.6) is 0 Å². The van der Waals surface area contributed by atoms with E-state index in [4.69, 9.17) is 4.74 Å². The topological polar surface area (TPSA) is 87.3 Å². The number of benzene rings is 2. The van der Waals surface area contributed by atoms with Gasteiger partial charge in [0.2, 0.25) is 5.91 Å². The van der Waals surface area contributed by atoms with Gasteiger partial charge in [0.15, 0.2) is 0 Å². The van der Waals surface area contributed by atoms with E-state index in [1.165, 1.54) is 6.92 Å². The second kappa shape index (κ2) is 9.03. The largest absolute Gasteiger partial charge is 0.381 e. The van der Waals surface area contributed by atoms with Gasteiger partial charge >= 0.3 is 0 Å². The van der Waals surface area contributed by atoms with E-state index in [0.29, 0.717) is 37.3 Å². The first-order chi connectivity index (χ1) is 16.7. The maximum Gasteiger partial charge on any atom is 0.256 e. The van der Waals surface area contributed by atoms with Crippen molar-refractivity contribution < 1.29 is 23.1 Å². The van der Waals surface area contributed by atoms with E-state index in [2.05, 4.69) is 15.5 Å². The van der Waals surface area contributed by atoms with Crippen LogP contribution in [-0.4, -0.2) is 52.7 Å². The molecule has 2 N–H and O–H groups in total. The molecule has 184 valence electrons. The molecule has 3 atom stereocenters. The van der Waals surface area contributed by atoms with Gasteiger partial charge in [-0.3, -0.25) is 14.7 Å². The van der Waals surface area contributed by atoms with Gasteiger partial charge in [0.05, 0.1) is 36.5 Å². The third-order valence-electron chi connectivity index (χ3n) is 7.04. The molecule has 2 aliphatic heterocycles. The molecule has 2 fully saturated rings. The molecule has 2 aliphatic rings. The number of rotatable bonds is 5. The van der Waals surface area contributed by atoms with Crippen molar-refractivity contribution >= 4 is 22.7 Å². The van der Waals surface area contributed by atoms with Crippen LogP contribution in [0.15, 0.2) is 30.5 Å². The van der Waals surface area contributed by atoms with Gasteiger partial charge < -0.3 is 15.0 Å². The van der Waals surface area contributed by atoms with E-state index in [-0.39, 0.29) is 34.8 Å². The molecule has 9 heteroatoms. The highest BCUT2D eigenvalue weighted by molar-refractivity contribution is 6.07. The van der Waals surface area contributed by atoms with E-state index < -0.39 is 23.7 Å². The number of halogens is 2. The van der Waals surface area contributed by atoms with Gasteiger partial charge in [-0.05, 0) is 61.6 Å². The Bertz CT molecular complexity index is 1300. The molecule has 0 unspecified atom stereocenters. The summed E-state index contributed by atoms with van der Waals surface area (Å²) in [6.45, 7) is 6.48. The molecule has 2 saturated heterocycles. The number of aryl methyl sites for hydroxylation is 2. The minimum atomic E-state index is -0.752. The quantitative estimate of drug-likeness (QED) is 0.579. The predicted molar refractivity (Wildman–Crippen MR) is 126 cm³/mol. The maximum absolute atomic E-state index is 14.8. The van der Waals surface area contributed by atoms with Crippen LogP contribution in [0, 0.1) is 37.3 Å². The molecule has 1 aromatic heterocycles. The molecule has 7 nitrogen and oxygen atoms in total. The van der Waals surface area contributed by atoms with Crippen molar-refractivity contribution in [1.82, 2.24) is 20.4 Å². The first kappa shape index (κ1) is 23.4. The molecular formula is C26H28F2N4O3. The Morgan fingerprint density at radius 3 is 2.66 bits per heavy atom. The number of H-pyrrole nitrogens is 1. The highest BCUT2D eigenvalue weighted by Crippen LogP contribution is 2.33. The number of amides is 2. The summed E-state index contributed by atoms with van der Waals surface area (Å²) in [5, 5.41) is 10.7. The fourth-order valence-electron chi connectivity index (χ4n) is 5.10. The van der Waals surface area contributed by atoms with Crippen molar-refractivity contribution in [3.8, 4) is 0 Å². The van der Waals surface area contributed by atoms with Crippen LogP contribution in [0.3, 0.4) is 0 Å². The molecule has 35 heavy (non-hydrogen) atoms. The summed E-state index contributed by atoms with van der Waals surface area (Å²) in [5.74, 6) is -1.82. The number of carbonyl (C=O) groups excluding carboxylic acids is 2. The first-order valence-electron chi connectivity index (χ1n) is 11.8. The van der Waals surface area contributed by atoms with Crippen molar-refractivity contribution in [2.24, 2.45) is 11.8 Å². The fraction of sp³-hybridized carbons (Fsp3) is 0.423. The van der Waals surface area contributed by atoms with Gasteiger partial charge in [-0.25, -0.2) is 8.78 Å². The second-order valence-corrected chi connectivity index (χ2v) is 9.87. The van der Waals surface area contributed by atoms with Crippen LogP contribution < -0.4 is 5.32 Å². The van der Waals surface area contributed by atoms with Crippen molar-refractivity contribution in [2.45, 2.75) is 39.3 Å². The number of ether oxygens (including phenoxy) is 1. The molecule has 0 radical (unpaired) electrons. The van der Waals surface area contributed by atoms with Crippen molar-refractivity contribution in [2.75, 3.05) is 19.8 Å². The van der Waals surface area contributed by atoms with E-state index in [9.17, 15) is 18.4 Å². The minimum absolute atomic E-state index is 0.0940. The third-order valence-corrected chi connectivity index (χ3v) is 7.04. The van der Waals surface area contributed by atoms with Crippen molar-refractivity contribution in [1.29, 1.82) is 0 Å². The lowest BCUT2D eigenvalue weighted by Gasteiger charge is -2.36.